The number of thioether (sulfide) groups is 1. The average Bonchev–Trinajstić information content (AvgIpc) is 3.51. The first-order chi connectivity index (χ1) is 17.7. The Bertz CT molecular complexity index is 1420. The molecule has 0 saturated carbocycles. The molecule has 37 heavy (non-hydrogen) atoms. The van der Waals surface area contributed by atoms with Crippen LogP contribution < -0.4 is 0 Å². The molecule has 2 aromatic heterocycles. The number of alkyl halides is 1. The first-order valence-corrected chi connectivity index (χ1v) is 14.5. The van der Waals surface area contributed by atoms with Crippen LogP contribution in [0.2, 0.25) is 0 Å². The Kier molecular flexibility index (Phi) is 7.14. The van der Waals surface area contributed by atoms with Crippen molar-refractivity contribution >= 4 is 67.0 Å². The SMILES string of the molecule is C[C@@H](O)[C@H]1C(=O)N2C(C(=O)OCc3ccc([N+](=O)[O-])cc3)=C(c3cn4cnc(SCCBr)c4s3)[C@H](C)[C@H]12. The van der Waals surface area contributed by atoms with Gasteiger partial charge < -0.3 is 14.7 Å². The van der Waals surface area contributed by atoms with Gasteiger partial charge in [-0.2, -0.15) is 0 Å². The summed E-state index contributed by atoms with van der Waals surface area (Å²) in [5.74, 6) is -0.885. The minimum Gasteiger partial charge on any atom is -0.456 e. The number of nitrogens with zero attached hydrogens (tertiary/aromatic N) is 4. The molecule has 0 spiro atoms. The number of imidazole rings is 1. The van der Waals surface area contributed by atoms with E-state index in [1.54, 1.807) is 25.0 Å². The van der Waals surface area contributed by atoms with Crippen LogP contribution in [0.5, 0.6) is 0 Å². The Morgan fingerprint density at radius 3 is 2.76 bits per heavy atom. The van der Waals surface area contributed by atoms with Crippen LogP contribution in [0.4, 0.5) is 5.69 Å². The highest BCUT2D eigenvalue weighted by molar-refractivity contribution is 9.09. The van der Waals surface area contributed by atoms with Gasteiger partial charge in [0.2, 0.25) is 5.91 Å². The molecule has 1 N–H and O–H groups in total. The fourth-order valence-electron chi connectivity index (χ4n) is 4.95. The van der Waals surface area contributed by atoms with Crippen molar-refractivity contribution in [2.75, 3.05) is 11.1 Å². The number of thiazole rings is 1. The van der Waals surface area contributed by atoms with Crippen molar-refractivity contribution in [3.05, 3.63) is 63.0 Å². The number of benzene rings is 1. The topological polar surface area (TPSA) is 127 Å². The number of β-lactam (4-membered cyclic amide) rings is 1. The van der Waals surface area contributed by atoms with Gasteiger partial charge in [0.1, 0.15) is 28.5 Å². The quantitative estimate of drug-likeness (QED) is 0.0963. The van der Waals surface area contributed by atoms with Crippen LogP contribution in [0.25, 0.3) is 10.4 Å². The third kappa shape index (κ3) is 4.47. The van der Waals surface area contributed by atoms with Crippen molar-refractivity contribution in [2.24, 2.45) is 11.8 Å². The van der Waals surface area contributed by atoms with Crippen LogP contribution in [-0.4, -0.2) is 59.4 Å². The van der Waals surface area contributed by atoms with Gasteiger partial charge in [0.15, 0.2) is 0 Å². The Hall–Kier alpha value is -2.74. The zero-order chi connectivity index (χ0) is 26.4. The molecular weight excluding hydrogens is 584 g/mol. The fourth-order valence-corrected chi connectivity index (χ4v) is 7.47. The van der Waals surface area contributed by atoms with E-state index in [1.807, 2.05) is 17.5 Å². The molecule has 0 bridgehead atoms. The van der Waals surface area contributed by atoms with Crippen LogP contribution in [-0.2, 0) is 20.9 Å². The second-order valence-electron chi connectivity index (χ2n) is 8.91. The highest BCUT2D eigenvalue weighted by Crippen LogP contribution is 2.52. The summed E-state index contributed by atoms with van der Waals surface area (Å²) in [4.78, 5) is 44.6. The summed E-state index contributed by atoms with van der Waals surface area (Å²) in [6.45, 7) is 3.45. The van der Waals surface area contributed by atoms with Gasteiger partial charge in [-0.1, -0.05) is 22.9 Å². The Labute approximate surface area is 228 Å². The number of aliphatic hydroxyl groups is 1. The molecule has 0 radical (unpaired) electrons. The van der Waals surface area contributed by atoms with Crippen LogP contribution in [0.3, 0.4) is 0 Å². The molecule has 4 atom stereocenters. The summed E-state index contributed by atoms with van der Waals surface area (Å²) in [6, 6.07) is 5.41. The summed E-state index contributed by atoms with van der Waals surface area (Å²) in [7, 11) is 0. The van der Waals surface area contributed by atoms with E-state index in [9.17, 15) is 24.8 Å². The van der Waals surface area contributed by atoms with Gasteiger partial charge in [0.05, 0.1) is 27.9 Å². The van der Waals surface area contributed by atoms with Crippen molar-refractivity contribution in [3.63, 3.8) is 0 Å². The van der Waals surface area contributed by atoms with Crippen LogP contribution in [0.15, 0.2) is 47.5 Å². The molecule has 13 heteroatoms. The van der Waals surface area contributed by atoms with E-state index in [1.165, 1.54) is 40.5 Å². The summed E-state index contributed by atoms with van der Waals surface area (Å²) in [5, 5.41) is 22.9. The van der Waals surface area contributed by atoms with Gasteiger partial charge in [-0.3, -0.25) is 19.3 Å². The number of hydrogen-bond donors (Lipinski definition) is 1. The molecule has 10 nitrogen and oxygen atoms in total. The lowest BCUT2D eigenvalue weighted by Gasteiger charge is -2.46. The number of fused-ring (bicyclic) bond motifs is 2. The van der Waals surface area contributed by atoms with Gasteiger partial charge in [0.25, 0.3) is 5.69 Å². The first kappa shape index (κ1) is 25.9. The lowest BCUT2D eigenvalue weighted by molar-refractivity contribution is -0.384. The van der Waals surface area contributed by atoms with Crippen LogP contribution in [0.1, 0.15) is 24.3 Å². The van der Waals surface area contributed by atoms with Crippen molar-refractivity contribution in [3.8, 4) is 0 Å². The van der Waals surface area contributed by atoms with E-state index in [0.717, 1.165) is 25.8 Å². The molecule has 1 fully saturated rings. The summed E-state index contributed by atoms with van der Waals surface area (Å²) >= 11 is 6.57. The number of non-ortho nitro benzene ring substituents is 1. The van der Waals surface area contributed by atoms with Crippen molar-refractivity contribution in [1.29, 1.82) is 0 Å². The number of carbonyl (C=O) groups excluding carboxylic acids is 2. The van der Waals surface area contributed by atoms with Crippen LogP contribution >= 0.6 is 39.0 Å². The predicted octanol–water partition coefficient (Wildman–Crippen LogP) is 4.10. The van der Waals surface area contributed by atoms with Gasteiger partial charge in [-0.05, 0) is 24.6 Å². The van der Waals surface area contributed by atoms with Gasteiger partial charge in [-0.25, -0.2) is 9.78 Å². The highest BCUT2D eigenvalue weighted by atomic mass is 79.9. The van der Waals surface area contributed by atoms with E-state index in [-0.39, 0.29) is 35.9 Å². The van der Waals surface area contributed by atoms with Gasteiger partial charge >= 0.3 is 5.97 Å². The minimum absolute atomic E-state index is 0.0554. The third-order valence-corrected chi connectivity index (χ3v) is 9.82. The number of aliphatic hydroxyl groups excluding tert-OH is 1. The number of rotatable bonds is 9. The lowest BCUT2D eigenvalue weighted by Crippen LogP contribution is -2.63. The molecule has 3 aromatic rings. The Morgan fingerprint density at radius 1 is 1.38 bits per heavy atom. The lowest BCUT2D eigenvalue weighted by atomic mass is 9.77. The maximum absolute atomic E-state index is 13.4. The fraction of sp³-hybridized carbons (Fsp3) is 0.375. The molecule has 0 aliphatic carbocycles. The van der Waals surface area contributed by atoms with Crippen molar-refractivity contribution < 1.29 is 24.4 Å². The minimum atomic E-state index is -0.844. The molecule has 0 unspecified atom stereocenters. The molecule has 5 rings (SSSR count). The second-order valence-corrected chi connectivity index (χ2v) is 11.8. The molecule has 2 aliphatic rings. The third-order valence-electron chi connectivity index (χ3n) is 6.64. The van der Waals surface area contributed by atoms with Gasteiger partial charge in [-0.15, -0.1) is 23.1 Å². The van der Waals surface area contributed by atoms with E-state index >= 15 is 0 Å². The maximum atomic E-state index is 13.4. The Morgan fingerprint density at radius 2 is 2.11 bits per heavy atom. The number of halogens is 1. The zero-order valence-electron chi connectivity index (χ0n) is 19.9. The molecule has 1 saturated heterocycles. The standard InChI is InChI=1S/C24H23BrN4O6S2/c1-12-17(16-9-27-11-26-21(23(27)37-16)36-8-7-25)20(28-19(12)18(13(2)30)22(28)31)24(32)35-10-14-3-5-15(6-4-14)29(33)34/h3-6,9,11-13,18-19,30H,7-8,10H2,1-2H3/t12-,13+,18+,19+/m0/s1. The number of aromatic nitrogens is 2. The smallest absolute Gasteiger partial charge is 0.355 e. The Balaban J connectivity index is 1.48. The van der Waals surface area contributed by atoms with E-state index in [2.05, 4.69) is 20.9 Å². The van der Waals surface area contributed by atoms with E-state index in [4.69, 9.17) is 4.74 Å². The highest BCUT2D eigenvalue weighted by Gasteiger charge is 2.60. The van der Waals surface area contributed by atoms with Crippen LogP contribution in [0, 0.1) is 22.0 Å². The van der Waals surface area contributed by atoms with Crippen molar-refractivity contribution in [2.45, 2.75) is 37.6 Å². The number of nitro benzene ring substituents is 1. The normalized spacial score (nSPS) is 21.8. The molecule has 1 amide bonds. The second kappa shape index (κ2) is 10.2. The largest absolute Gasteiger partial charge is 0.456 e. The van der Waals surface area contributed by atoms with E-state index < -0.39 is 22.9 Å². The summed E-state index contributed by atoms with van der Waals surface area (Å²) in [6.07, 6.45) is 2.80. The monoisotopic (exact) mass is 606 g/mol. The number of amides is 1. The molecule has 2 aliphatic heterocycles. The van der Waals surface area contributed by atoms with Gasteiger partial charge in [0, 0.05) is 40.9 Å². The predicted molar refractivity (Wildman–Crippen MR) is 142 cm³/mol. The number of esters is 1. The summed E-state index contributed by atoms with van der Waals surface area (Å²) in [5.41, 5.74) is 1.43. The average molecular weight is 608 g/mol. The number of ether oxygens (including phenoxy) is 1. The number of carbonyl (C=O) groups is 2. The number of hydrogen-bond acceptors (Lipinski definition) is 9. The zero-order valence-corrected chi connectivity index (χ0v) is 23.1. The summed E-state index contributed by atoms with van der Waals surface area (Å²) < 4.78 is 7.51. The molecule has 1 aromatic carbocycles. The molecule has 4 heterocycles. The maximum Gasteiger partial charge on any atom is 0.355 e. The molecule has 194 valence electrons. The molecular formula is C24H23BrN4O6S2. The first-order valence-electron chi connectivity index (χ1n) is 11.5. The van der Waals surface area contributed by atoms with E-state index in [0.29, 0.717) is 11.1 Å². The van der Waals surface area contributed by atoms with Crippen molar-refractivity contribution in [1.82, 2.24) is 14.3 Å². The number of nitro groups is 1.